The summed E-state index contributed by atoms with van der Waals surface area (Å²) in [4.78, 5) is 35.4. The first-order chi connectivity index (χ1) is 13.9. The minimum Gasteiger partial charge on any atom is -0.311 e. The van der Waals surface area contributed by atoms with Crippen LogP contribution in [0.15, 0.2) is 48.0 Å². The van der Waals surface area contributed by atoms with Crippen LogP contribution in [0, 0.1) is 0 Å². The Morgan fingerprint density at radius 2 is 1.59 bits per heavy atom. The lowest BCUT2D eigenvalue weighted by Gasteiger charge is -2.00. The van der Waals surface area contributed by atoms with E-state index in [0.717, 1.165) is 16.2 Å². The fraction of sp³-hybridized carbons (Fsp3) is 0.0476. The number of allylic oxidation sites excluding steroid dienone is 1. The number of carbonyl (C=O) groups excluding carboxylic acids is 2. The first-order valence-electron chi connectivity index (χ1n) is 8.63. The summed E-state index contributed by atoms with van der Waals surface area (Å²) in [5.41, 5.74) is 2.27. The van der Waals surface area contributed by atoms with Gasteiger partial charge in [-0.15, -0.1) is 0 Å². The summed E-state index contributed by atoms with van der Waals surface area (Å²) in [6, 6.07) is 12.7. The van der Waals surface area contributed by atoms with E-state index in [-0.39, 0.29) is 38.3 Å². The number of fused-ring (bicyclic) bond motifs is 2. The Bertz CT molecular complexity index is 1330. The van der Waals surface area contributed by atoms with Gasteiger partial charge in [-0.25, -0.2) is 9.97 Å². The molecule has 142 valence electrons. The van der Waals surface area contributed by atoms with Crippen molar-refractivity contribution in [3.05, 3.63) is 74.2 Å². The Morgan fingerprint density at radius 3 is 2.17 bits per heavy atom. The van der Waals surface area contributed by atoms with Crippen LogP contribution in [-0.2, 0) is 7.05 Å². The predicted molar refractivity (Wildman–Crippen MR) is 115 cm³/mol. The highest BCUT2D eigenvalue weighted by molar-refractivity contribution is 7.19. The van der Waals surface area contributed by atoms with Gasteiger partial charge in [-0.05, 0) is 18.2 Å². The molecule has 5 nitrogen and oxygen atoms in total. The second-order valence-corrected chi connectivity index (χ2v) is 8.39. The standard InChI is InChI=1S/C21H11Cl2N3O2S/c1-26-19(10-5-3-2-4-6-10)25-21-20(26)24-16(29-21)9-13-17(27)11-7-14(22)15(23)8-12(11)18(13)28/h2-9H,1H3. The number of Topliss-reactive ketones (excluding diaryl/α,β-unsaturated/α-hetero) is 2. The van der Waals surface area contributed by atoms with Crippen LogP contribution >= 0.6 is 34.5 Å². The topological polar surface area (TPSA) is 64.8 Å². The van der Waals surface area contributed by atoms with Crippen LogP contribution in [-0.4, -0.2) is 26.1 Å². The molecule has 0 bridgehead atoms. The van der Waals surface area contributed by atoms with E-state index in [1.54, 1.807) is 0 Å². The molecule has 0 N–H and O–H groups in total. The van der Waals surface area contributed by atoms with Crippen molar-refractivity contribution in [3.63, 3.8) is 0 Å². The first kappa shape index (κ1) is 18.2. The first-order valence-corrected chi connectivity index (χ1v) is 10.2. The Labute approximate surface area is 179 Å². The number of hydrogen-bond donors (Lipinski definition) is 0. The zero-order valence-corrected chi connectivity index (χ0v) is 17.3. The molecule has 2 heterocycles. The summed E-state index contributed by atoms with van der Waals surface area (Å²) in [7, 11) is 1.89. The molecule has 0 fully saturated rings. The lowest BCUT2D eigenvalue weighted by Crippen LogP contribution is -2.00. The van der Waals surface area contributed by atoms with Crippen LogP contribution < -0.4 is 0 Å². The number of hydrogen-bond acceptors (Lipinski definition) is 5. The lowest BCUT2D eigenvalue weighted by molar-refractivity contribution is 0.0990. The molecule has 5 rings (SSSR count). The Kier molecular flexibility index (Phi) is 4.17. The van der Waals surface area contributed by atoms with E-state index in [0.29, 0.717) is 10.7 Å². The molecule has 0 saturated carbocycles. The highest BCUT2D eigenvalue weighted by atomic mass is 35.5. The summed E-state index contributed by atoms with van der Waals surface area (Å²) in [6.45, 7) is 0. The van der Waals surface area contributed by atoms with Gasteiger partial charge in [-0.2, -0.15) is 0 Å². The summed E-state index contributed by atoms with van der Waals surface area (Å²) in [5, 5.41) is 1.02. The van der Waals surface area contributed by atoms with Gasteiger partial charge in [-0.3, -0.25) is 9.59 Å². The van der Waals surface area contributed by atoms with Crippen LogP contribution in [0.2, 0.25) is 10.0 Å². The monoisotopic (exact) mass is 439 g/mol. The number of halogens is 2. The van der Waals surface area contributed by atoms with E-state index in [1.807, 2.05) is 41.9 Å². The number of imidazole rings is 1. The highest BCUT2D eigenvalue weighted by Gasteiger charge is 2.34. The molecule has 0 unspecified atom stereocenters. The van der Waals surface area contributed by atoms with E-state index >= 15 is 0 Å². The van der Waals surface area contributed by atoms with Crippen LogP contribution in [0.1, 0.15) is 25.7 Å². The highest BCUT2D eigenvalue weighted by Crippen LogP contribution is 2.35. The van der Waals surface area contributed by atoms with Crippen molar-refractivity contribution in [2.24, 2.45) is 7.05 Å². The normalized spacial score (nSPS) is 13.4. The number of rotatable bonds is 2. The third-order valence-corrected chi connectivity index (χ3v) is 6.40. The fourth-order valence-corrected chi connectivity index (χ4v) is 4.60. The molecular formula is C21H11Cl2N3O2S. The Hall–Kier alpha value is -2.80. The molecule has 4 aromatic rings. The third-order valence-electron chi connectivity index (χ3n) is 4.79. The van der Waals surface area contributed by atoms with Gasteiger partial charge < -0.3 is 4.57 Å². The summed E-state index contributed by atoms with van der Waals surface area (Å²) >= 11 is 13.3. The molecule has 0 aliphatic heterocycles. The van der Waals surface area contributed by atoms with Crippen LogP contribution in [0.25, 0.3) is 27.9 Å². The van der Waals surface area contributed by atoms with Crippen molar-refractivity contribution in [2.45, 2.75) is 0 Å². The molecule has 0 saturated heterocycles. The van der Waals surface area contributed by atoms with E-state index in [2.05, 4.69) is 9.97 Å². The number of aromatic nitrogens is 3. The molecule has 1 aliphatic carbocycles. The van der Waals surface area contributed by atoms with Crippen molar-refractivity contribution in [1.82, 2.24) is 14.5 Å². The molecule has 0 spiro atoms. The third kappa shape index (κ3) is 2.83. The van der Waals surface area contributed by atoms with Gasteiger partial charge >= 0.3 is 0 Å². The Morgan fingerprint density at radius 1 is 0.966 bits per heavy atom. The van der Waals surface area contributed by atoms with Crippen molar-refractivity contribution in [3.8, 4) is 11.4 Å². The molecule has 0 radical (unpaired) electrons. The summed E-state index contributed by atoms with van der Waals surface area (Å²) in [6.07, 6.45) is 1.51. The van der Waals surface area contributed by atoms with E-state index < -0.39 is 0 Å². The zero-order chi connectivity index (χ0) is 20.3. The number of benzene rings is 2. The second-order valence-electron chi connectivity index (χ2n) is 6.57. The van der Waals surface area contributed by atoms with E-state index in [9.17, 15) is 9.59 Å². The number of thiazole rings is 1. The quantitative estimate of drug-likeness (QED) is 0.307. The minimum absolute atomic E-state index is 0.0562. The van der Waals surface area contributed by atoms with Gasteiger partial charge in [0.1, 0.15) is 10.8 Å². The van der Waals surface area contributed by atoms with Gasteiger partial charge in [0, 0.05) is 23.7 Å². The Balaban J connectivity index is 1.56. The largest absolute Gasteiger partial charge is 0.311 e. The second kappa shape index (κ2) is 6.62. The van der Waals surface area contributed by atoms with Gasteiger partial charge in [0.2, 0.25) is 0 Å². The maximum absolute atomic E-state index is 12.7. The minimum atomic E-state index is -0.374. The van der Waals surface area contributed by atoms with E-state index in [4.69, 9.17) is 23.2 Å². The summed E-state index contributed by atoms with van der Waals surface area (Å²) < 4.78 is 1.90. The molecule has 8 heteroatoms. The van der Waals surface area contributed by atoms with Crippen molar-refractivity contribution in [2.75, 3.05) is 0 Å². The average Bonchev–Trinajstić information content (AvgIpc) is 3.32. The molecule has 0 atom stereocenters. The van der Waals surface area contributed by atoms with Gasteiger partial charge in [0.25, 0.3) is 0 Å². The number of ketones is 2. The summed E-state index contributed by atoms with van der Waals surface area (Å²) in [5.74, 6) is 0.0600. The maximum atomic E-state index is 12.7. The lowest BCUT2D eigenvalue weighted by atomic mass is 10.1. The maximum Gasteiger partial charge on any atom is 0.197 e. The smallest absolute Gasteiger partial charge is 0.197 e. The molecular weight excluding hydrogens is 429 g/mol. The number of nitrogens with zero attached hydrogens (tertiary/aromatic N) is 3. The van der Waals surface area contributed by atoms with Crippen LogP contribution in [0.5, 0.6) is 0 Å². The van der Waals surface area contributed by atoms with Gasteiger partial charge in [0.05, 0.1) is 15.6 Å². The van der Waals surface area contributed by atoms with Gasteiger partial charge in [0.15, 0.2) is 22.0 Å². The molecule has 29 heavy (non-hydrogen) atoms. The number of aryl methyl sites for hydroxylation is 1. The van der Waals surface area contributed by atoms with Crippen molar-refractivity contribution < 1.29 is 9.59 Å². The van der Waals surface area contributed by atoms with Crippen molar-refractivity contribution >= 4 is 62.7 Å². The molecule has 2 aromatic heterocycles. The van der Waals surface area contributed by atoms with Crippen LogP contribution in [0.3, 0.4) is 0 Å². The van der Waals surface area contributed by atoms with Gasteiger partial charge in [-0.1, -0.05) is 64.9 Å². The molecule has 2 aromatic carbocycles. The average molecular weight is 440 g/mol. The van der Waals surface area contributed by atoms with E-state index in [1.165, 1.54) is 29.5 Å². The van der Waals surface area contributed by atoms with Crippen LogP contribution in [0.4, 0.5) is 0 Å². The molecule has 1 aliphatic rings. The van der Waals surface area contributed by atoms with Crippen molar-refractivity contribution in [1.29, 1.82) is 0 Å². The fourth-order valence-electron chi connectivity index (χ4n) is 3.36. The number of carbonyl (C=O) groups is 2. The predicted octanol–water partition coefficient (Wildman–Crippen LogP) is 5.47. The molecule has 0 amide bonds. The zero-order valence-electron chi connectivity index (χ0n) is 14.9. The SMILES string of the molecule is Cn1c(-c2ccccc2)nc2sc(C=C3C(=O)c4cc(Cl)c(Cl)cc4C3=O)nc21.